The Morgan fingerprint density at radius 1 is 1.05 bits per heavy atom. The van der Waals surface area contributed by atoms with Gasteiger partial charge >= 0.3 is 0 Å². The number of carbonyl (C=O) groups excluding carboxylic acids is 2. The SMILES string of the molecule is CC[C@@H](C)NC(=O)[C@H](CC)N(Cc1ccc(Cl)cc1Cl)C(=O)CCCN(c1ccccc1C)S(C)(=O)=O. The molecule has 0 radical (unpaired) electrons. The maximum absolute atomic E-state index is 13.5. The summed E-state index contributed by atoms with van der Waals surface area (Å²) in [6.45, 7) is 7.87. The van der Waals surface area contributed by atoms with Crippen LogP contribution in [-0.2, 0) is 26.2 Å². The van der Waals surface area contributed by atoms with Crippen LogP contribution >= 0.6 is 23.2 Å². The highest BCUT2D eigenvalue weighted by atomic mass is 35.5. The zero-order valence-electron chi connectivity index (χ0n) is 22.1. The second kappa shape index (κ2) is 14.0. The first-order chi connectivity index (χ1) is 17.4. The van der Waals surface area contributed by atoms with Gasteiger partial charge in [0.25, 0.3) is 0 Å². The Morgan fingerprint density at radius 3 is 2.30 bits per heavy atom. The topological polar surface area (TPSA) is 86.8 Å². The summed E-state index contributed by atoms with van der Waals surface area (Å²) in [5.74, 6) is -0.483. The maximum Gasteiger partial charge on any atom is 0.243 e. The van der Waals surface area contributed by atoms with E-state index in [9.17, 15) is 18.0 Å². The molecule has 0 unspecified atom stereocenters. The largest absolute Gasteiger partial charge is 0.352 e. The van der Waals surface area contributed by atoms with Crippen LogP contribution in [0, 0.1) is 6.92 Å². The predicted molar refractivity (Wildman–Crippen MR) is 152 cm³/mol. The van der Waals surface area contributed by atoms with Gasteiger partial charge in [0.05, 0.1) is 11.9 Å². The van der Waals surface area contributed by atoms with Crippen molar-refractivity contribution < 1.29 is 18.0 Å². The molecule has 2 atom stereocenters. The number of halogens is 2. The lowest BCUT2D eigenvalue weighted by molar-refractivity contribution is -0.141. The Bertz CT molecular complexity index is 1190. The number of aryl methyl sites for hydroxylation is 1. The number of rotatable bonds is 13. The van der Waals surface area contributed by atoms with Gasteiger partial charge in [-0.2, -0.15) is 0 Å². The highest BCUT2D eigenvalue weighted by Crippen LogP contribution is 2.25. The number of amides is 2. The van der Waals surface area contributed by atoms with Crippen molar-refractivity contribution in [1.82, 2.24) is 10.2 Å². The molecule has 0 saturated heterocycles. The molecule has 0 aliphatic rings. The van der Waals surface area contributed by atoms with Gasteiger partial charge in [0.1, 0.15) is 6.04 Å². The van der Waals surface area contributed by atoms with E-state index in [0.717, 1.165) is 18.2 Å². The van der Waals surface area contributed by atoms with E-state index in [1.54, 1.807) is 30.3 Å². The standard InChI is InChI=1S/C27H37Cl2N3O4S/c1-6-20(4)30-27(34)24(7-2)31(18-21-14-15-22(28)17-23(21)29)26(33)13-10-16-32(37(5,35)36)25-12-9-8-11-19(25)3/h8-9,11-12,14-15,17,20,24H,6-7,10,13,16,18H2,1-5H3,(H,30,34)/t20-,24+/m1/s1. The van der Waals surface area contributed by atoms with Gasteiger partial charge < -0.3 is 10.2 Å². The molecule has 0 saturated carbocycles. The van der Waals surface area contributed by atoms with Gasteiger partial charge in [-0.15, -0.1) is 0 Å². The van der Waals surface area contributed by atoms with Crippen LogP contribution in [0.3, 0.4) is 0 Å². The molecule has 0 spiro atoms. The van der Waals surface area contributed by atoms with E-state index >= 15 is 0 Å². The van der Waals surface area contributed by atoms with Gasteiger partial charge in [-0.05, 0) is 62.4 Å². The summed E-state index contributed by atoms with van der Waals surface area (Å²) >= 11 is 12.4. The number of para-hydroxylation sites is 1. The second-order valence-electron chi connectivity index (χ2n) is 9.22. The monoisotopic (exact) mass is 569 g/mol. The van der Waals surface area contributed by atoms with E-state index < -0.39 is 16.1 Å². The molecule has 0 aliphatic heterocycles. The molecule has 204 valence electrons. The number of anilines is 1. The first-order valence-corrected chi connectivity index (χ1v) is 15.1. The summed E-state index contributed by atoms with van der Waals surface area (Å²) in [5, 5.41) is 3.86. The number of nitrogens with one attached hydrogen (secondary N) is 1. The zero-order valence-corrected chi connectivity index (χ0v) is 24.5. The van der Waals surface area contributed by atoms with Gasteiger partial charge in [0, 0.05) is 35.6 Å². The van der Waals surface area contributed by atoms with Gasteiger partial charge in [-0.1, -0.05) is 61.3 Å². The van der Waals surface area contributed by atoms with Crippen LogP contribution in [0.4, 0.5) is 5.69 Å². The van der Waals surface area contributed by atoms with E-state index in [0.29, 0.717) is 27.7 Å². The lowest BCUT2D eigenvalue weighted by atomic mass is 10.1. The van der Waals surface area contributed by atoms with Gasteiger partial charge in [-0.3, -0.25) is 13.9 Å². The quantitative estimate of drug-likeness (QED) is 0.341. The van der Waals surface area contributed by atoms with Crippen LogP contribution in [0.5, 0.6) is 0 Å². The molecule has 10 heteroatoms. The fourth-order valence-electron chi connectivity index (χ4n) is 4.02. The van der Waals surface area contributed by atoms with Crippen molar-refractivity contribution >= 4 is 50.7 Å². The van der Waals surface area contributed by atoms with Crippen LogP contribution in [-0.4, -0.2) is 50.0 Å². The Morgan fingerprint density at radius 2 is 1.73 bits per heavy atom. The second-order valence-corrected chi connectivity index (χ2v) is 12.0. The molecule has 0 bridgehead atoms. The molecule has 7 nitrogen and oxygen atoms in total. The lowest BCUT2D eigenvalue weighted by Crippen LogP contribution is -2.50. The lowest BCUT2D eigenvalue weighted by Gasteiger charge is -2.32. The van der Waals surface area contributed by atoms with Crippen molar-refractivity contribution in [2.24, 2.45) is 0 Å². The van der Waals surface area contributed by atoms with E-state index in [2.05, 4.69) is 5.32 Å². The van der Waals surface area contributed by atoms with Crippen molar-refractivity contribution in [2.75, 3.05) is 17.1 Å². The molecule has 0 aliphatic carbocycles. The third kappa shape index (κ3) is 8.90. The first-order valence-electron chi connectivity index (χ1n) is 12.5. The fraction of sp³-hybridized carbons (Fsp3) is 0.481. The Kier molecular flexibility index (Phi) is 11.7. The number of hydrogen-bond donors (Lipinski definition) is 1. The third-order valence-electron chi connectivity index (χ3n) is 6.28. The average molecular weight is 571 g/mol. The smallest absolute Gasteiger partial charge is 0.243 e. The number of carbonyl (C=O) groups is 2. The minimum absolute atomic E-state index is 0.0324. The van der Waals surface area contributed by atoms with Crippen LogP contribution < -0.4 is 9.62 Å². The summed E-state index contributed by atoms with van der Waals surface area (Å²) in [4.78, 5) is 28.2. The highest BCUT2D eigenvalue weighted by Gasteiger charge is 2.30. The normalized spacial score (nSPS) is 13.1. The van der Waals surface area contributed by atoms with Crippen LogP contribution in [0.15, 0.2) is 42.5 Å². The van der Waals surface area contributed by atoms with Crippen LogP contribution in [0.1, 0.15) is 57.6 Å². The third-order valence-corrected chi connectivity index (χ3v) is 8.05. The molecule has 37 heavy (non-hydrogen) atoms. The van der Waals surface area contributed by atoms with Gasteiger partial charge in [0.15, 0.2) is 0 Å². The molecule has 0 fully saturated rings. The fourth-order valence-corrected chi connectivity index (χ4v) is 5.51. The number of hydrogen-bond acceptors (Lipinski definition) is 4. The minimum atomic E-state index is -3.55. The summed E-state index contributed by atoms with van der Waals surface area (Å²) in [6.07, 6.45) is 2.68. The van der Waals surface area contributed by atoms with Crippen molar-refractivity contribution in [1.29, 1.82) is 0 Å². The Labute approximate surface area is 231 Å². The van der Waals surface area contributed by atoms with Crippen molar-refractivity contribution in [3.05, 3.63) is 63.6 Å². The molecular weight excluding hydrogens is 533 g/mol. The average Bonchev–Trinajstić information content (AvgIpc) is 2.82. The molecule has 1 N–H and O–H groups in total. The summed E-state index contributed by atoms with van der Waals surface area (Å²) in [6, 6.07) is 11.5. The number of nitrogens with zero attached hydrogens (tertiary/aromatic N) is 2. The van der Waals surface area contributed by atoms with Crippen molar-refractivity contribution in [3.63, 3.8) is 0 Å². The number of benzene rings is 2. The molecular formula is C27H37Cl2N3O4S. The predicted octanol–water partition coefficient (Wildman–Crippen LogP) is 5.57. The minimum Gasteiger partial charge on any atom is -0.352 e. The molecule has 0 aromatic heterocycles. The Balaban J connectivity index is 2.27. The summed E-state index contributed by atoms with van der Waals surface area (Å²) in [7, 11) is -3.55. The first kappa shape index (κ1) is 30.9. The molecule has 2 aromatic carbocycles. The Hall–Kier alpha value is -2.29. The van der Waals surface area contributed by atoms with Gasteiger partial charge in [0.2, 0.25) is 21.8 Å². The van der Waals surface area contributed by atoms with Crippen LogP contribution in [0.25, 0.3) is 0 Å². The van der Waals surface area contributed by atoms with E-state index in [-0.39, 0.29) is 43.8 Å². The van der Waals surface area contributed by atoms with Crippen molar-refractivity contribution in [2.45, 2.75) is 72.0 Å². The number of sulfonamides is 1. The summed E-state index contributed by atoms with van der Waals surface area (Å²) in [5.41, 5.74) is 2.08. The van der Waals surface area contributed by atoms with Gasteiger partial charge in [-0.25, -0.2) is 8.42 Å². The maximum atomic E-state index is 13.5. The van der Waals surface area contributed by atoms with Crippen molar-refractivity contribution in [3.8, 4) is 0 Å². The molecule has 2 aromatic rings. The summed E-state index contributed by atoms with van der Waals surface area (Å²) < 4.78 is 26.4. The van der Waals surface area contributed by atoms with E-state index in [1.807, 2.05) is 39.8 Å². The molecule has 2 amide bonds. The highest BCUT2D eigenvalue weighted by molar-refractivity contribution is 7.92. The molecule has 2 rings (SSSR count). The van der Waals surface area contributed by atoms with Crippen LogP contribution in [0.2, 0.25) is 10.0 Å². The molecule has 0 heterocycles. The zero-order chi connectivity index (χ0) is 27.8. The van der Waals surface area contributed by atoms with E-state index in [1.165, 1.54) is 9.21 Å². The van der Waals surface area contributed by atoms with E-state index in [4.69, 9.17) is 23.2 Å².